The lowest BCUT2D eigenvalue weighted by molar-refractivity contribution is 0.0505. The highest BCUT2D eigenvalue weighted by molar-refractivity contribution is 6.04. The van der Waals surface area contributed by atoms with Crippen LogP contribution in [0.15, 0.2) is 42.7 Å². The van der Waals surface area contributed by atoms with Crippen molar-refractivity contribution in [3.63, 3.8) is 0 Å². The summed E-state index contributed by atoms with van der Waals surface area (Å²) in [6.07, 6.45) is 3.60. The van der Waals surface area contributed by atoms with E-state index < -0.39 is 0 Å². The zero-order chi connectivity index (χ0) is 15.1. The van der Waals surface area contributed by atoms with Crippen LogP contribution in [0.1, 0.15) is 34.1 Å². The second-order valence-corrected chi connectivity index (χ2v) is 4.30. The van der Waals surface area contributed by atoms with Crippen molar-refractivity contribution in [2.45, 2.75) is 13.3 Å². The second kappa shape index (κ2) is 7.14. The number of esters is 1. The standard InChI is InChI=1S/C15H15N3O3/c1-2-9-21-15(20)11-3-5-13(6-4-11)18-14(19)12-7-8-16-17-10-12/h3-8,10H,2,9H2,1H3,(H,18,19). The van der Waals surface area contributed by atoms with Gasteiger partial charge in [0.15, 0.2) is 0 Å². The maximum Gasteiger partial charge on any atom is 0.338 e. The average Bonchev–Trinajstić information content (AvgIpc) is 2.54. The highest BCUT2D eigenvalue weighted by Crippen LogP contribution is 2.12. The third-order valence-electron chi connectivity index (χ3n) is 2.66. The Balaban J connectivity index is 1.99. The van der Waals surface area contributed by atoms with Gasteiger partial charge in [-0.1, -0.05) is 6.92 Å². The van der Waals surface area contributed by atoms with Crippen molar-refractivity contribution < 1.29 is 14.3 Å². The van der Waals surface area contributed by atoms with Gasteiger partial charge in [0, 0.05) is 5.69 Å². The zero-order valence-electron chi connectivity index (χ0n) is 11.6. The molecule has 2 aromatic rings. The Bertz CT molecular complexity index is 612. The van der Waals surface area contributed by atoms with Crippen LogP contribution in [0.4, 0.5) is 5.69 Å². The third kappa shape index (κ3) is 4.10. The lowest BCUT2D eigenvalue weighted by Crippen LogP contribution is -2.12. The summed E-state index contributed by atoms with van der Waals surface area (Å²) in [7, 11) is 0. The molecule has 0 atom stereocenters. The van der Waals surface area contributed by atoms with Crippen LogP contribution in [0.5, 0.6) is 0 Å². The molecule has 1 N–H and O–H groups in total. The topological polar surface area (TPSA) is 81.2 Å². The van der Waals surface area contributed by atoms with Gasteiger partial charge in [-0.15, -0.1) is 0 Å². The molecule has 0 bridgehead atoms. The van der Waals surface area contributed by atoms with E-state index in [0.717, 1.165) is 6.42 Å². The lowest BCUT2D eigenvalue weighted by Gasteiger charge is -2.06. The Kier molecular flexibility index (Phi) is 4.98. The van der Waals surface area contributed by atoms with Crippen molar-refractivity contribution in [2.24, 2.45) is 0 Å². The summed E-state index contributed by atoms with van der Waals surface area (Å²) in [6.45, 7) is 2.33. The number of aromatic nitrogens is 2. The molecule has 0 fully saturated rings. The minimum Gasteiger partial charge on any atom is -0.462 e. The molecule has 0 saturated heterocycles. The Hall–Kier alpha value is -2.76. The zero-order valence-corrected chi connectivity index (χ0v) is 11.6. The summed E-state index contributed by atoms with van der Waals surface area (Å²) in [5, 5.41) is 9.96. The minimum absolute atomic E-state index is 0.286. The molecular weight excluding hydrogens is 270 g/mol. The molecule has 0 saturated carbocycles. The Morgan fingerprint density at radius 3 is 2.48 bits per heavy atom. The van der Waals surface area contributed by atoms with Crippen LogP contribution in [0.25, 0.3) is 0 Å². The Labute approximate surface area is 122 Å². The van der Waals surface area contributed by atoms with E-state index in [2.05, 4.69) is 15.5 Å². The molecule has 6 nitrogen and oxygen atoms in total. The summed E-state index contributed by atoms with van der Waals surface area (Å²) >= 11 is 0. The van der Waals surface area contributed by atoms with Gasteiger partial charge in [0.05, 0.1) is 30.1 Å². The molecule has 1 heterocycles. The summed E-state index contributed by atoms with van der Waals surface area (Å²) in [5.41, 5.74) is 1.45. The van der Waals surface area contributed by atoms with Gasteiger partial charge in [0.25, 0.3) is 5.91 Å². The van der Waals surface area contributed by atoms with Crippen LogP contribution < -0.4 is 5.32 Å². The number of nitrogens with zero attached hydrogens (tertiary/aromatic N) is 2. The van der Waals surface area contributed by atoms with Crippen molar-refractivity contribution >= 4 is 17.6 Å². The molecule has 0 aliphatic rings. The summed E-state index contributed by atoms with van der Waals surface area (Å²) < 4.78 is 5.03. The summed E-state index contributed by atoms with van der Waals surface area (Å²) in [5.74, 6) is -0.653. The van der Waals surface area contributed by atoms with Crippen LogP contribution in [0.2, 0.25) is 0 Å². The second-order valence-electron chi connectivity index (χ2n) is 4.30. The quantitative estimate of drug-likeness (QED) is 0.852. The van der Waals surface area contributed by atoms with Crippen molar-refractivity contribution in [1.29, 1.82) is 0 Å². The number of rotatable bonds is 5. The van der Waals surface area contributed by atoms with Crippen molar-refractivity contribution in [1.82, 2.24) is 10.2 Å². The van der Waals surface area contributed by atoms with E-state index in [4.69, 9.17) is 4.74 Å². The molecule has 0 aliphatic carbocycles. The summed E-state index contributed by atoms with van der Waals surface area (Å²) in [4.78, 5) is 23.5. The molecular formula is C15H15N3O3. The van der Waals surface area contributed by atoms with Crippen LogP contribution >= 0.6 is 0 Å². The van der Waals surface area contributed by atoms with Crippen LogP contribution in [0, 0.1) is 0 Å². The SMILES string of the molecule is CCCOC(=O)c1ccc(NC(=O)c2ccnnc2)cc1. The average molecular weight is 285 g/mol. The highest BCUT2D eigenvalue weighted by atomic mass is 16.5. The van der Waals surface area contributed by atoms with E-state index >= 15 is 0 Å². The van der Waals surface area contributed by atoms with Crippen LogP contribution in [0.3, 0.4) is 0 Å². The normalized spacial score (nSPS) is 9.95. The largest absolute Gasteiger partial charge is 0.462 e. The molecule has 0 spiro atoms. The minimum atomic E-state index is -0.368. The molecule has 6 heteroatoms. The van der Waals surface area contributed by atoms with Gasteiger partial charge in [-0.2, -0.15) is 10.2 Å². The first-order valence-electron chi connectivity index (χ1n) is 6.56. The maximum atomic E-state index is 11.9. The van der Waals surface area contributed by atoms with Gasteiger partial charge in [-0.25, -0.2) is 4.79 Å². The van der Waals surface area contributed by atoms with Gasteiger partial charge in [0.1, 0.15) is 0 Å². The fourth-order valence-electron chi connectivity index (χ4n) is 1.60. The fraction of sp³-hybridized carbons (Fsp3) is 0.200. The number of hydrogen-bond acceptors (Lipinski definition) is 5. The van der Waals surface area contributed by atoms with Crippen molar-refractivity contribution in [3.8, 4) is 0 Å². The fourth-order valence-corrected chi connectivity index (χ4v) is 1.60. The molecule has 2 rings (SSSR count). The molecule has 21 heavy (non-hydrogen) atoms. The number of anilines is 1. The Morgan fingerprint density at radius 1 is 1.10 bits per heavy atom. The van der Waals surface area contributed by atoms with E-state index in [-0.39, 0.29) is 11.9 Å². The lowest BCUT2D eigenvalue weighted by atomic mass is 10.2. The van der Waals surface area contributed by atoms with Crippen molar-refractivity contribution in [3.05, 3.63) is 53.9 Å². The smallest absolute Gasteiger partial charge is 0.338 e. The number of benzene rings is 1. The number of carbonyl (C=O) groups is 2. The molecule has 0 radical (unpaired) electrons. The van der Waals surface area contributed by atoms with Crippen LogP contribution in [-0.2, 0) is 4.74 Å². The van der Waals surface area contributed by atoms with E-state index in [9.17, 15) is 9.59 Å². The number of hydrogen-bond donors (Lipinski definition) is 1. The van der Waals surface area contributed by atoms with E-state index in [1.54, 1.807) is 30.3 Å². The van der Waals surface area contributed by atoms with Gasteiger partial charge in [-0.05, 0) is 36.8 Å². The van der Waals surface area contributed by atoms with E-state index in [0.29, 0.717) is 23.4 Å². The molecule has 0 aliphatic heterocycles. The molecule has 1 aromatic heterocycles. The maximum absolute atomic E-state index is 11.9. The third-order valence-corrected chi connectivity index (χ3v) is 2.66. The number of ether oxygens (including phenoxy) is 1. The predicted octanol–water partition coefficient (Wildman–Crippen LogP) is 2.30. The van der Waals surface area contributed by atoms with Crippen molar-refractivity contribution in [2.75, 3.05) is 11.9 Å². The molecule has 1 amide bonds. The van der Waals surface area contributed by atoms with Gasteiger partial charge >= 0.3 is 5.97 Å². The van der Waals surface area contributed by atoms with Gasteiger partial charge < -0.3 is 10.1 Å². The molecule has 108 valence electrons. The first-order valence-corrected chi connectivity index (χ1v) is 6.56. The first-order chi connectivity index (χ1) is 10.2. The van der Waals surface area contributed by atoms with Crippen LogP contribution in [-0.4, -0.2) is 28.7 Å². The van der Waals surface area contributed by atoms with E-state index in [1.807, 2.05) is 6.92 Å². The predicted molar refractivity (Wildman–Crippen MR) is 77.0 cm³/mol. The Morgan fingerprint density at radius 2 is 1.86 bits per heavy atom. The van der Waals surface area contributed by atoms with E-state index in [1.165, 1.54) is 12.4 Å². The highest BCUT2D eigenvalue weighted by Gasteiger charge is 2.08. The number of nitrogens with one attached hydrogen (secondary N) is 1. The number of carbonyl (C=O) groups excluding carboxylic acids is 2. The van der Waals surface area contributed by atoms with Gasteiger partial charge in [-0.3, -0.25) is 4.79 Å². The first kappa shape index (κ1) is 14.6. The summed E-state index contributed by atoms with van der Waals surface area (Å²) in [6, 6.07) is 8.08. The van der Waals surface area contributed by atoms with Gasteiger partial charge in [0.2, 0.25) is 0 Å². The molecule has 0 unspecified atom stereocenters. The monoisotopic (exact) mass is 285 g/mol. The number of amides is 1. The molecule has 1 aromatic carbocycles.